The van der Waals surface area contributed by atoms with Crippen molar-refractivity contribution < 1.29 is 19.1 Å². The van der Waals surface area contributed by atoms with Gasteiger partial charge in [-0.1, -0.05) is 32.4 Å². The molecule has 2 unspecified atom stereocenters. The fourth-order valence-electron chi connectivity index (χ4n) is 1.82. The molecule has 0 saturated heterocycles. The van der Waals surface area contributed by atoms with Crippen LogP contribution in [0.1, 0.15) is 39.2 Å². The van der Waals surface area contributed by atoms with Crippen molar-refractivity contribution in [2.45, 2.75) is 39.2 Å². The van der Waals surface area contributed by atoms with Crippen molar-refractivity contribution in [3.8, 4) is 0 Å². The fourth-order valence-corrected chi connectivity index (χ4v) is 1.82. The first-order valence-electron chi connectivity index (χ1n) is 6.60. The molecule has 0 fully saturated rings. The molecule has 0 radical (unpaired) electrons. The topological polar surface area (TPSA) is 66.4 Å². The van der Waals surface area contributed by atoms with Crippen LogP contribution in [0.5, 0.6) is 0 Å². The van der Waals surface area contributed by atoms with E-state index in [2.05, 4.69) is 5.32 Å². The summed E-state index contributed by atoms with van der Waals surface area (Å²) in [5.41, 5.74) is -1.22. The summed E-state index contributed by atoms with van der Waals surface area (Å²) < 4.78 is 12.9. The molecule has 4 nitrogen and oxygen atoms in total. The molecule has 2 N–H and O–H groups in total. The molecule has 1 aromatic carbocycles. The van der Waals surface area contributed by atoms with Gasteiger partial charge >= 0.3 is 5.97 Å². The molecule has 0 aliphatic carbocycles. The SMILES string of the molecule is CCC(C)CC(=O)NC(C)(C(=O)O)c1ccc(F)cc1. The number of hydrogen-bond acceptors (Lipinski definition) is 2. The third-order valence-electron chi connectivity index (χ3n) is 3.47. The Balaban J connectivity index is 2.95. The van der Waals surface area contributed by atoms with Crippen LogP contribution in [0.2, 0.25) is 0 Å². The second kappa shape index (κ2) is 6.50. The van der Waals surface area contributed by atoms with Crippen LogP contribution in [-0.2, 0) is 15.1 Å². The van der Waals surface area contributed by atoms with Crippen molar-refractivity contribution in [2.75, 3.05) is 0 Å². The number of rotatable bonds is 6. The summed E-state index contributed by atoms with van der Waals surface area (Å²) in [7, 11) is 0. The number of nitrogens with one attached hydrogen (secondary N) is 1. The Bertz CT molecular complexity index is 486. The lowest BCUT2D eigenvalue weighted by Gasteiger charge is -2.27. The van der Waals surface area contributed by atoms with E-state index in [9.17, 15) is 19.1 Å². The van der Waals surface area contributed by atoms with Gasteiger partial charge in [0.25, 0.3) is 0 Å². The third-order valence-corrected chi connectivity index (χ3v) is 3.47. The Morgan fingerprint density at radius 2 is 1.90 bits per heavy atom. The molecule has 0 saturated carbocycles. The highest BCUT2D eigenvalue weighted by Crippen LogP contribution is 2.22. The molecule has 20 heavy (non-hydrogen) atoms. The second-order valence-corrected chi connectivity index (χ2v) is 5.20. The number of carboxylic acids is 1. The van der Waals surface area contributed by atoms with Gasteiger partial charge in [0.2, 0.25) is 5.91 Å². The third kappa shape index (κ3) is 3.79. The number of benzene rings is 1. The standard InChI is InChI=1S/C15H20FNO3/c1-4-10(2)9-13(18)17-15(3,14(19)20)11-5-7-12(16)8-6-11/h5-8,10H,4,9H2,1-3H3,(H,17,18)(H,19,20). The summed E-state index contributed by atoms with van der Waals surface area (Å²) in [6.45, 7) is 5.29. The average molecular weight is 281 g/mol. The first kappa shape index (κ1) is 16.1. The van der Waals surface area contributed by atoms with Crippen LogP contribution in [0.4, 0.5) is 4.39 Å². The van der Waals surface area contributed by atoms with Gasteiger partial charge in [-0.15, -0.1) is 0 Å². The van der Waals surface area contributed by atoms with E-state index in [4.69, 9.17) is 0 Å². The molecule has 0 bridgehead atoms. The van der Waals surface area contributed by atoms with Gasteiger partial charge in [-0.3, -0.25) is 4.79 Å². The molecule has 5 heteroatoms. The molecule has 0 aliphatic heterocycles. The molecular formula is C15H20FNO3. The molecular weight excluding hydrogens is 261 g/mol. The van der Waals surface area contributed by atoms with Crippen molar-refractivity contribution in [3.63, 3.8) is 0 Å². The van der Waals surface area contributed by atoms with Gasteiger partial charge < -0.3 is 10.4 Å². The molecule has 0 heterocycles. The van der Waals surface area contributed by atoms with Crippen LogP contribution in [-0.4, -0.2) is 17.0 Å². The maximum atomic E-state index is 12.9. The predicted octanol–water partition coefficient (Wildman–Crippen LogP) is 2.68. The van der Waals surface area contributed by atoms with E-state index in [0.717, 1.165) is 6.42 Å². The lowest BCUT2D eigenvalue weighted by Crippen LogP contribution is -2.49. The summed E-state index contributed by atoms with van der Waals surface area (Å²) in [4.78, 5) is 23.4. The van der Waals surface area contributed by atoms with Gasteiger partial charge in [-0.05, 0) is 30.5 Å². The van der Waals surface area contributed by atoms with Gasteiger partial charge in [-0.2, -0.15) is 0 Å². The van der Waals surface area contributed by atoms with Crippen LogP contribution in [0.25, 0.3) is 0 Å². The minimum atomic E-state index is -1.56. The number of hydrogen-bond donors (Lipinski definition) is 2. The smallest absolute Gasteiger partial charge is 0.333 e. The van der Waals surface area contributed by atoms with Gasteiger partial charge in [0.15, 0.2) is 5.54 Å². The molecule has 1 amide bonds. The van der Waals surface area contributed by atoms with E-state index >= 15 is 0 Å². The minimum Gasteiger partial charge on any atom is -0.479 e. The van der Waals surface area contributed by atoms with Crippen molar-refractivity contribution in [1.29, 1.82) is 0 Å². The van der Waals surface area contributed by atoms with Crippen LogP contribution < -0.4 is 5.32 Å². The van der Waals surface area contributed by atoms with Crippen molar-refractivity contribution in [2.24, 2.45) is 5.92 Å². The number of carboxylic acid groups (broad SMARTS) is 1. The monoisotopic (exact) mass is 281 g/mol. The minimum absolute atomic E-state index is 0.182. The quantitative estimate of drug-likeness (QED) is 0.842. The Morgan fingerprint density at radius 3 is 2.35 bits per heavy atom. The summed E-state index contributed by atoms with van der Waals surface area (Å²) >= 11 is 0. The zero-order valence-corrected chi connectivity index (χ0v) is 11.9. The lowest BCUT2D eigenvalue weighted by atomic mass is 9.91. The van der Waals surface area contributed by atoms with E-state index in [1.54, 1.807) is 0 Å². The summed E-state index contributed by atoms with van der Waals surface area (Å²) in [6, 6.07) is 5.09. The largest absolute Gasteiger partial charge is 0.479 e. The predicted molar refractivity (Wildman–Crippen MR) is 73.6 cm³/mol. The molecule has 1 aromatic rings. The highest BCUT2D eigenvalue weighted by atomic mass is 19.1. The van der Waals surface area contributed by atoms with Crippen LogP contribution >= 0.6 is 0 Å². The number of carbonyl (C=O) groups is 2. The summed E-state index contributed by atoms with van der Waals surface area (Å²) in [5, 5.41) is 11.9. The number of amides is 1. The maximum Gasteiger partial charge on any atom is 0.333 e. The van der Waals surface area contributed by atoms with Crippen molar-refractivity contribution in [1.82, 2.24) is 5.32 Å². The van der Waals surface area contributed by atoms with E-state index < -0.39 is 17.3 Å². The Labute approximate surface area is 118 Å². The molecule has 0 spiro atoms. The number of aliphatic carboxylic acids is 1. The second-order valence-electron chi connectivity index (χ2n) is 5.20. The van der Waals surface area contributed by atoms with Gasteiger partial charge in [0, 0.05) is 6.42 Å². The zero-order chi connectivity index (χ0) is 15.3. The van der Waals surface area contributed by atoms with Crippen LogP contribution in [0.15, 0.2) is 24.3 Å². The molecule has 0 aliphatic rings. The molecule has 2 atom stereocenters. The van der Waals surface area contributed by atoms with Crippen LogP contribution in [0, 0.1) is 11.7 Å². The molecule has 110 valence electrons. The average Bonchev–Trinajstić information content (AvgIpc) is 2.38. The van der Waals surface area contributed by atoms with Gasteiger partial charge in [0.05, 0.1) is 0 Å². The van der Waals surface area contributed by atoms with E-state index in [0.29, 0.717) is 5.56 Å². The molecule has 1 rings (SSSR count). The van der Waals surface area contributed by atoms with Crippen molar-refractivity contribution >= 4 is 11.9 Å². The molecule has 0 aromatic heterocycles. The van der Waals surface area contributed by atoms with Gasteiger partial charge in [-0.25, -0.2) is 9.18 Å². The Kier molecular flexibility index (Phi) is 5.25. The van der Waals surface area contributed by atoms with Crippen molar-refractivity contribution in [3.05, 3.63) is 35.6 Å². The van der Waals surface area contributed by atoms with E-state index in [-0.39, 0.29) is 18.2 Å². The summed E-state index contributed by atoms with van der Waals surface area (Å²) in [5.74, 6) is -1.77. The van der Waals surface area contributed by atoms with E-state index in [1.807, 2.05) is 13.8 Å². The first-order chi connectivity index (χ1) is 9.29. The Hall–Kier alpha value is -1.91. The number of carbonyl (C=O) groups excluding carboxylic acids is 1. The highest BCUT2D eigenvalue weighted by Gasteiger charge is 2.36. The Morgan fingerprint density at radius 1 is 1.35 bits per heavy atom. The summed E-state index contributed by atoms with van der Waals surface area (Å²) in [6.07, 6.45) is 1.11. The van der Waals surface area contributed by atoms with E-state index in [1.165, 1.54) is 31.2 Å². The fraction of sp³-hybridized carbons (Fsp3) is 0.467. The lowest BCUT2D eigenvalue weighted by molar-refractivity contribution is -0.147. The van der Waals surface area contributed by atoms with Crippen LogP contribution in [0.3, 0.4) is 0 Å². The number of halogens is 1. The first-order valence-corrected chi connectivity index (χ1v) is 6.60. The normalized spacial score (nSPS) is 15.2. The van der Waals surface area contributed by atoms with Gasteiger partial charge in [0.1, 0.15) is 5.82 Å². The maximum absolute atomic E-state index is 12.9. The zero-order valence-electron chi connectivity index (χ0n) is 11.9. The highest BCUT2D eigenvalue weighted by molar-refractivity contribution is 5.87.